The number of nitrogens with zero attached hydrogens (tertiary/aromatic N) is 3. The Morgan fingerprint density at radius 2 is 1.90 bits per heavy atom. The first-order chi connectivity index (χ1) is 10.1. The average Bonchev–Trinajstić information content (AvgIpc) is 2.46. The van der Waals surface area contributed by atoms with Gasteiger partial charge in [-0.1, -0.05) is 25.5 Å². The molecule has 1 aromatic carbocycles. The first-order valence-corrected chi connectivity index (χ1v) is 7.15. The van der Waals surface area contributed by atoms with E-state index in [0.717, 1.165) is 23.9 Å². The standard InChI is InChI=1S/C15H20N4O2/c1-10(14(20)21)6-5-7-11(2)16-15-17-12-8-3-4-9-13(12)18-19-15/h3-4,8-11H,5-7H2,1-2H3,(H,20,21)(H,16,17,19). The molecule has 0 aliphatic heterocycles. The van der Waals surface area contributed by atoms with Crippen molar-refractivity contribution in [1.29, 1.82) is 0 Å². The molecule has 0 spiro atoms. The van der Waals surface area contributed by atoms with E-state index in [1.165, 1.54) is 0 Å². The summed E-state index contributed by atoms with van der Waals surface area (Å²) < 4.78 is 0. The third-order valence-corrected chi connectivity index (χ3v) is 3.43. The molecule has 0 radical (unpaired) electrons. The zero-order valence-electron chi connectivity index (χ0n) is 12.3. The van der Waals surface area contributed by atoms with Crippen molar-refractivity contribution in [3.05, 3.63) is 24.3 Å². The molecule has 1 aromatic heterocycles. The first-order valence-electron chi connectivity index (χ1n) is 7.15. The van der Waals surface area contributed by atoms with Crippen LogP contribution in [0.4, 0.5) is 5.95 Å². The van der Waals surface area contributed by atoms with Crippen LogP contribution < -0.4 is 5.32 Å². The molecule has 2 aromatic rings. The van der Waals surface area contributed by atoms with Crippen LogP contribution in [0.3, 0.4) is 0 Å². The Labute approximate surface area is 123 Å². The van der Waals surface area contributed by atoms with Gasteiger partial charge in [-0.15, -0.1) is 10.2 Å². The molecule has 1 heterocycles. The largest absolute Gasteiger partial charge is 0.481 e. The van der Waals surface area contributed by atoms with Crippen LogP contribution in [0.1, 0.15) is 33.1 Å². The Kier molecular flexibility index (Phi) is 5.03. The van der Waals surface area contributed by atoms with Gasteiger partial charge < -0.3 is 10.4 Å². The van der Waals surface area contributed by atoms with Crippen molar-refractivity contribution >= 4 is 23.0 Å². The number of hydrogen-bond donors (Lipinski definition) is 2. The van der Waals surface area contributed by atoms with E-state index in [1.54, 1.807) is 6.92 Å². The Balaban J connectivity index is 1.86. The van der Waals surface area contributed by atoms with E-state index in [4.69, 9.17) is 5.11 Å². The fourth-order valence-corrected chi connectivity index (χ4v) is 2.09. The Morgan fingerprint density at radius 3 is 2.62 bits per heavy atom. The van der Waals surface area contributed by atoms with E-state index < -0.39 is 5.97 Å². The van der Waals surface area contributed by atoms with Crippen LogP contribution >= 0.6 is 0 Å². The lowest BCUT2D eigenvalue weighted by atomic mass is 10.0. The summed E-state index contributed by atoms with van der Waals surface area (Å²) in [7, 11) is 0. The zero-order chi connectivity index (χ0) is 15.2. The number of fused-ring (bicyclic) bond motifs is 1. The number of aromatic nitrogens is 3. The van der Waals surface area contributed by atoms with Crippen LogP contribution in [0.2, 0.25) is 0 Å². The maximum Gasteiger partial charge on any atom is 0.306 e. The average molecular weight is 288 g/mol. The van der Waals surface area contributed by atoms with Gasteiger partial charge >= 0.3 is 5.97 Å². The van der Waals surface area contributed by atoms with E-state index >= 15 is 0 Å². The molecule has 0 bridgehead atoms. The number of carbonyl (C=O) groups is 1. The molecule has 6 nitrogen and oxygen atoms in total. The van der Waals surface area contributed by atoms with Crippen molar-refractivity contribution in [3.8, 4) is 0 Å². The molecule has 6 heteroatoms. The topological polar surface area (TPSA) is 88.0 Å². The van der Waals surface area contributed by atoms with Crippen LogP contribution in [-0.4, -0.2) is 32.3 Å². The molecule has 0 saturated carbocycles. The summed E-state index contributed by atoms with van der Waals surface area (Å²) in [5.41, 5.74) is 1.58. The van der Waals surface area contributed by atoms with E-state index in [2.05, 4.69) is 20.5 Å². The van der Waals surface area contributed by atoms with E-state index in [9.17, 15) is 4.79 Å². The number of carboxylic acid groups (broad SMARTS) is 1. The summed E-state index contributed by atoms with van der Waals surface area (Å²) in [6, 6.07) is 7.76. The van der Waals surface area contributed by atoms with Gasteiger partial charge in [-0.25, -0.2) is 4.98 Å². The minimum Gasteiger partial charge on any atom is -0.481 e. The molecular formula is C15H20N4O2. The number of benzene rings is 1. The fourth-order valence-electron chi connectivity index (χ4n) is 2.09. The molecule has 2 rings (SSSR count). The first kappa shape index (κ1) is 15.2. The molecule has 0 amide bonds. The van der Waals surface area contributed by atoms with E-state index in [-0.39, 0.29) is 12.0 Å². The van der Waals surface area contributed by atoms with Crippen molar-refractivity contribution in [2.45, 2.75) is 39.2 Å². The second-order valence-electron chi connectivity index (χ2n) is 5.34. The van der Waals surface area contributed by atoms with Gasteiger partial charge in [0.1, 0.15) is 5.52 Å². The lowest BCUT2D eigenvalue weighted by Gasteiger charge is -2.14. The molecule has 0 aliphatic carbocycles. The van der Waals surface area contributed by atoms with Gasteiger partial charge in [0.25, 0.3) is 0 Å². The monoisotopic (exact) mass is 288 g/mol. The van der Waals surface area contributed by atoms with Crippen molar-refractivity contribution in [2.24, 2.45) is 5.92 Å². The summed E-state index contributed by atoms with van der Waals surface area (Å²) in [6.45, 7) is 3.76. The summed E-state index contributed by atoms with van der Waals surface area (Å²) in [6.07, 6.45) is 2.40. The predicted octanol–water partition coefficient (Wildman–Crippen LogP) is 2.72. The van der Waals surface area contributed by atoms with Crippen LogP contribution in [0.25, 0.3) is 11.0 Å². The van der Waals surface area contributed by atoms with E-state index in [1.807, 2.05) is 31.2 Å². The van der Waals surface area contributed by atoms with Crippen LogP contribution in [0.15, 0.2) is 24.3 Å². The molecule has 112 valence electrons. The summed E-state index contributed by atoms with van der Waals surface area (Å²) in [5, 5.41) is 20.2. The molecule has 2 N–H and O–H groups in total. The van der Waals surface area contributed by atoms with Gasteiger partial charge in [-0.2, -0.15) is 0 Å². The molecule has 2 unspecified atom stereocenters. The second-order valence-corrected chi connectivity index (χ2v) is 5.34. The number of para-hydroxylation sites is 1. The summed E-state index contributed by atoms with van der Waals surface area (Å²) >= 11 is 0. The number of nitrogens with one attached hydrogen (secondary N) is 1. The van der Waals surface area contributed by atoms with Gasteiger partial charge in [0, 0.05) is 6.04 Å². The lowest BCUT2D eigenvalue weighted by Crippen LogP contribution is -2.18. The molecule has 21 heavy (non-hydrogen) atoms. The number of rotatable bonds is 7. The highest BCUT2D eigenvalue weighted by molar-refractivity contribution is 5.74. The van der Waals surface area contributed by atoms with E-state index in [0.29, 0.717) is 12.4 Å². The highest BCUT2D eigenvalue weighted by Crippen LogP contribution is 2.13. The Morgan fingerprint density at radius 1 is 1.19 bits per heavy atom. The minimum absolute atomic E-state index is 0.175. The van der Waals surface area contributed by atoms with Crippen LogP contribution in [-0.2, 0) is 4.79 Å². The molecule has 2 atom stereocenters. The normalized spacial score (nSPS) is 13.8. The third kappa shape index (κ3) is 4.37. The van der Waals surface area contributed by atoms with Crippen molar-refractivity contribution in [1.82, 2.24) is 15.2 Å². The molecule has 0 fully saturated rings. The minimum atomic E-state index is -0.738. The van der Waals surface area contributed by atoms with Gasteiger partial charge in [0.15, 0.2) is 0 Å². The highest BCUT2D eigenvalue weighted by atomic mass is 16.4. The summed E-state index contributed by atoms with van der Waals surface area (Å²) in [4.78, 5) is 15.2. The quantitative estimate of drug-likeness (QED) is 0.814. The molecule has 0 aliphatic rings. The van der Waals surface area contributed by atoms with Crippen LogP contribution in [0, 0.1) is 5.92 Å². The second kappa shape index (κ2) is 6.97. The fraction of sp³-hybridized carbons (Fsp3) is 0.467. The predicted molar refractivity (Wildman–Crippen MR) is 81.1 cm³/mol. The number of hydrogen-bond acceptors (Lipinski definition) is 5. The lowest BCUT2D eigenvalue weighted by molar-refractivity contribution is -0.141. The Hall–Kier alpha value is -2.24. The number of aliphatic carboxylic acids is 1. The van der Waals surface area contributed by atoms with Crippen LogP contribution in [0.5, 0.6) is 0 Å². The highest BCUT2D eigenvalue weighted by Gasteiger charge is 2.12. The number of anilines is 1. The molecule has 0 saturated heterocycles. The maximum atomic E-state index is 10.7. The van der Waals surface area contributed by atoms with Crippen molar-refractivity contribution in [2.75, 3.05) is 5.32 Å². The van der Waals surface area contributed by atoms with Crippen molar-refractivity contribution in [3.63, 3.8) is 0 Å². The third-order valence-electron chi connectivity index (χ3n) is 3.43. The smallest absolute Gasteiger partial charge is 0.306 e. The summed E-state index contributed by atoms with van der Waals surface area (Å²) in [5.74, 6) is -0.527. The SMILES string of the molecule is CC(CCCC(C)C(=O)O)Nc1nnc2ccccc2n1. The van der Waals surface area contributed by atoms with Crippen molar-refractivity contribution < 1.29 is 9.90 Å². The maximum absolute atomic E-state index is 10.7. The van der Waals surface area contributed by atoms with Gasteiger partial charge in [0.05, 0.1) is 11.4 Å². The van der Waals surface area contributed by atoms with Gasteiger partial charge in [0.2, 0.25) is 5.95 Å². The van der Waals surface area contributed by atoms with Gasteiger partial charge in [-0.3, -0.25) is 4.79 Å². The zero-order valence-corrected chi connectivity index (χ0v) is 12.3. The Bertz CT molecular complexity index is 617. The molecular weight excluding hydrogens is 268 g/mol. The van der Waals surface area contributed by atoms with Gasteiger partial charge in [-0.05, 0) is 31.9 Å². The number of carboxylic acids is 1.